The lowest BCUT2D eigenvalue weighted by Crippen LogP contribution is -2.33. The maximum Gasteiger partial charge on any atom is 0.309 e. The Bertz CT molecular complexity index is 768. The van der Waals surface area contributed by atoms with E-state index < -0.39 is 0 Å². The number of carbonyl (C=O) groups excluding carboxylic acids is 2. The molecule has 2 heterocycles. The fraction of sp³-hybridized carbons (Fsp3) is 0.474. The number of nitrogens with zero attached hydrogens (tertiary/aromatic N) is 4. The Morgan fingerprint density at radius 3 is 2.69 bits per heavy atom. The van der Waals surface area contributed by atoms with Gasteiger partial charge in [0.1, 0.15) is 0 Å². The minimum atomic E-state index is -0.164. The molecule has 1 amide bonds. The van der Waals surface area contributed by atoms with E-state index in [1.807, 2.05) is 20.0 Å². The van der Waals surface area contributed by atoms with Crippen molar-refractivity contribution in [3.63, 3.8) is 0 Å². The van der Waals surface area contributed by atoms with Gasteiger partial charge in [-0.25, -0.2) is 0 Å². The second kappa shape index (κ2) is 7.68. The standard InChI is InChI=1S/C19H24N4O3/c1-4-26-19(25)17-10-15(17)11-23(12-16-9-13(2)22(3)21-16)18(24)14-5-7-20-8-6-14/h5-9,15,17H,4,10-12H2,1-3H3/t15-,17+/m0/s1. The summed E-state index contributed by atoms with van der Waals surface area (Å²) in [6, 6.07) is 5.38. The average molecular weight is 356 g/mol. The van der Waals surface area contributed by atoms with Gasteiger partial charge in [0.25, 0.3) is 5.91 Å². The van der Waals surface area contributed by atoms with Crippen molar-refractivity contribution >= 4 is 11.9 Å². The fourth-order valence-corrected chi connectivity index (χ4v) is 3.07. The van der Waals surface area contributed by atoms with Gasteiger partial charge in [0.2, 0.25) is 0 Å². The van der Waals surface area contributed by atoms with Crippen LogP contribution in [0.25, 0.3) is 0 Å². The van der Waals surface area contributed by atoms with Gasteiger partial charge in [0.05, 0.1) is 24.8 Å². The summed E-state index contributed by atoms with van der Waals surface area (Å²) in [5.41, 5.74) is 2.45. The topological polar surface area (TPSA) is 77.3 Å². The summed E-state index contributed by atoms with van der Waals surface area (Å²) in [4.78, 5) is 30.6. The second-order valence-corrected chi connectivity index (χ2v) is 6.68. The lowest BCUT2D eigenvalue weighted by Gasteiger charge is -2.22. The molecule has 2 aromatic rings. The van der Waals surface area contributed by atoms with Crippen LogP contribution in [0.4, 0.5) is 0 Å². The van der Waals surface area contributed by atoms with Gasteiger partial charge in [-0.05, 0) is 44.4 Å². The Hall–Kier alpha value is -2.70. The van der Waals surface area contributed by atoms with Crippen LogP contribution in [-0.4, -0.2) is 44.7 Å². The third-order valence-corrected chi connectivity index (χ3v) is 4.70. The third-order valence-electron chi connectivity index (χ3n) is 4.70. The van der Waals surface area contributed by atoms with Crippen LogP contribution in [0.5, 0.6) is 0 Å². The second-order valence-electron chi connectivity index (χ2n) is 6.68. The van der Waals surface area contributed by atoms with Crippen LogP contribution in [0.3, 0.4) is 0 Å². The number of ether oxygens (including phenoxy) is 1. The maximum absolute atomic E-state index is 13.0. The zero-order chi connectivity index (χ0) is 18.7. The average Bonchev–Trinajstić information content (AvgIpc) is 3.33. The Kier molecular flexibility index (Phi) is 5.35. The molecule has 0 N–H and O–H groups in total. The first-order valence-corrected chi connectivity index (χ1v) is 8.85. The zero-order valence-electron chi connectivity index (χ0n) is 15.4. The van der Waals surface area contributed by atoms with Gasteiger partial charge in [-0.2, -0.15) is 5.10 Å². The van der Waals surface area contributed by atoms with E-state index >= 15 is 0 Å². The lowest BCUT2D eigenvalue weighted by molar-refractivity contribution is -0.145. The summed E-state index contributed by atoms with van der Waals surface area (Å²) >= 11 is 0. The number of aromatic nitrogens is 3. The monoisotopic (exact) mass is 356 g/mol. The molecule has 0 aromatic carbocycles. The number of hydrogen-bond acceptors (Lipinski definition) is 5. The molecule has 26 heavy (non-hydrogen) atoms. The summed E-state index contributed by atoms with van der Waals surface area (Å²) in [6.07, 6.45) is 3.98. The third kappa shape index (κ3) is 4.09. The smallest absolute Gasteiger partial charge is 0.309 e. The molecule has 0 spiro atoms. The molecule has 138 valence electrons. The summed E-state index contributed by atoms with van der Waals surface area (Å²) < 4.78 is 6.89. The van der Waals surface area contributed by atoms with Crippen LogP contribution in [0.1, 0.15) is 35.1 Å². The molecule has 0 radical (unpaired) electrons. The maximum atomic E-state index is 13.0. The van der Waals surface area contributed by atoms with E-state index in [1.165, 1.54) is 0 Å². The van der Waals surface area contributed by atoms with Crippen LogP contribution in [-0.2, 0) is 23.1 Å². The molecule has 7 nitrogen and oxygen atoms in total. The molecule has 2 atom stereocenters. The van der Waals surface area contributed by atoms with Crippen LogP contribution in [0, 0.1) is 18.8 Å². The molecule has 0 unspecified atom stereocenters. The largest absolute Gasteiger partial charge is 0.466 e. The van der Waals surface area contributed by atoms with Crippen LogP contribution in [0.2, 0.25) is 0 Å². The highest BCUT2D eigenvalue weighted by Gasteiger charge is 2.45. The molecule has 7 heteroatoms. The SMILES string of the molecule is CCOC(=O)[C@@H]1C[C@H]1CN(Cc1cc(C)n(C)n1)C(=O)c1ccncc1. The van der Waals surface area contributed by atoms with Gasteiger partial charge < -0.3 is 9.64 Å². The van der Waals surface area contributed by atoms with E-state index in [4.69, 9.17) is 4.74 Å². The zero-order valence-corrected chi connectivity index (χ0v) is 15.4. The summed E-state index contributed by atoms with van der Waals surface area (Å²) in [5.74, 6) is -0.203. The van der Waals surface area contributed by atoms with Crippen molar-refractivity contribution < 1.29 is 14.3 Å². The minimum absolute atomic E-state index is 0.0785. The molecule has 0 saturated heterocycles. The Balaban J connectivity index is 1.74. The first-order chi connectivity index (χ1) is 12.5. The number of amides is 1. The number of esters is 1. The van der Waals surface area contributed by atoms with Crippen molar-refractivity contribution in [3.05, 3.63) is 47.5 Å². The normalized spacial score (nSPS) is 18.4. The predicted octanol–water partition coefficient (Wildman–Crippen LogP) is 1.97. The first kappa shape index (κ1) is 18.1. The van der Waals surface area contributed by atoms with E-state index in [1.54, 1.807) is 41.0 Å². The molecule has 1 fully saturated rings. The van der Waals surface area contributed by atoms with Crippen molar-refractivity contribution in [1.29, 1.82) is 0 Å². The number of rotatable bonds is 7. The minimum Gasteiger partial charge on any atom is -0.466 e. The number of pyridine rings is 1. The highest BCUT2D eigenvalue weighted by atomic mass is 16.5. The van der Waals surface area contributed by atoms with Gasteiger partial charge in [0, 0.05) is 37.2 Å². The molecule has 1 saturated carbocycles. The van der Waals surface area contributed by atoms with Gasteiger partial charge in [-0.3, -0.25) is 19.3 Å². The lowest BCUT2D eigenvalue weighted by atomic mass is 10.2. The predicted molar refractivity (Wildman–Crippen MR) is 95.2 cm³/mol. The molecule has 1 aliphatic carbocycles. The van der Waals surface area contributed by atoms with Gasteiger partial charge >= 0.3 is 5.97 Å². The molecule has 2 aromatic heterocycles. The van der Waals surface area contributed by atoms with Crippen molar-refractivity contribution in [2.75, 3.05) is 13.2 Å². The van der Waals surface area contributed by atoms with Crippen molar-refractivity contribution in [1.82, 2.24) is 19.7 Å². The van der Waals surface area contributed by atoms with E-state index in [2.05, 4.69) is 10.1 Å². The highest BCUT2D eigenvalue weighted by Crippen LogP contribution is 2.40. The highest BCUT2D eigenvalue weighted by molar-refractivity contribution is 5.94. The number of aryl methyl sites for hydroxylation is 2. The van der Waals surface area contributed by atoms with Crippen LogP contribution in [0.15, 0.2) is 30.6 Å². The van der Waals surface area contributed by atoms with Crippen molar-refractivity contribution in [3.8, 4) is 0 Å². The Morgan fingerprint density at radius 1 is 1.35 bits per heavy atom. The quantitative estimate of drug-likeness (QED) is 0.709. The number of carbonyl (C=O) groups is 2. The Morgan fingerprint density at radius 2 is 2.08 bits per heavy atom. The summed E-state index contributed by atoms with van der Waals surface area (Å²) in [5, 5.41) is 4.46. The van der Waals surface area contributed by atoms with Crippen molar-refractivity contribution in [2.24, 2.45) is 18.9 Å². The van der Waals surface area contributed by atoms with Gasteiger partial charge in [-0.1, -0.05) is 0 Å². The van der Waals surface area contributed by atoms with E-state index in [0.717, 1.165) is 17.8 Å². The number of hydrogen-bond donors (Lipinski definition) is 0. The van der Waals surface area contributed by atoms with Crippen molar-refractivity contribution in [2.45, 2.75) is 26.8 Å². The molecular formula is C19H24N4O3. The Labute approximate surface area is 153 Å². The van der Waals surface area contributed by atoms with E-state index in [0.29, 0.717) is 25.3 Å². The van der Waals surface area contributed by atoms with Crippen LogP contribution < -0.4 is 0 Å². The molecule has 0 aliphatic heterocycles. The van der Waals surface area contributed by atoms with Crippen LogP contribution >= 0.6 is 0 Å². The fourth-order valence-electron chi connectivity index (χ4n) is 3.07. The summed E-state index contributed by atoms with van der Waals surface area (Å²) in [6.45, 7) is 5.09. The molecular weight excluding hydrogens is 332 g/mol. The summed E-state index contributed by atoms with van der Waals surface area (Å²) in [7, 11) is 1.88. The van der Waals surface area contributed by atoms with Gasteiger partial charge in [0.15, 0.2) is 0 Å². The van der Waals surface area contributed by atoms with E-state index in [-0.39, 0.29) is 23.7 Å². The molecule has 3 rings (SSSR count). The molecule has 1 aliphatic rings. The van der Waals surface area contributed by atoms with Gasteiger partial charge in [-0.15, -0.1) is 0 Å². The first-order valence-electron chi connectivity index (χ1n) is 8.85. The van der Waals surface area contributed by atoms with E-state index in [9.17, 15) is 9.59 Å². The molecule has 0 bridgehead atoms.